The Morgan fingerprint density at radius 3 is 2.90 bits per heavy atom. The van der Waals surface area contributed by atoms with E-state index in [2.05, 4.69) is 15.2 Å². The maximum atomic E-state index is 13.2. The lowest BCUT2D eigenvalue weighted by Crippen LogP contribution is -2.36. The van der Waals surface area contributed by atoms with Crippen molar-refractivity contribution in [2.45, 2.75) is 0 Å². The number of hydrogen-bond acceptors (Lipinski definition) is 5. The summed E-state index contributed by atoms with van der Waals surface area (Å²) in [5.41, 5.74) is 0.681. The lowest BCUT2D eigenvalue weighted by atomic mass is 10.2. The van der Waals surface area contributed by atoms with Crippen LogP contribution >= 0.6 is 0 Å². The van der Waals surface area contributed by atoms with Gasteiger partial charge in [-0.3, -0.25) is 5.10 Å². The van der Waals surface area contributed by atoms with Crippen LogP contribution in [-0.2, 0) is 4.74 Å². The third kappa shape index (κ3) is 2.44. The van der Waals surface area contributed by atoms with Crippen LogP contribution in [0.1, 0.15) is 0 Å². The summed E-state index contributed by atoms with van der Waals surface area (Å²) < 4.78 is 23.7. The fourth-order valence-electron chi connectivity index (χ4n) is 2.14. The fraction of sp³-hybridized carbons (Fsp3) is 0.385. The van der Waals surface area contributed by atoms with Crippen LogP contribution in [0.2, 0.25) is 0 Å². The molecule has 0 bridgehead atoms. The Bertz CT molecular complexity index is 596. The monoisotopic (exact) mass is 278 g/mol. The quantitative estimate of drug-likeness (QED) is 0.920. The minimum Gasteiger partial charge on any atom is -0.496 e. The molecular formula is C13H15FN4O2. The van der Waals surface area contributed by atoms with Gasteiger partial charge in [-0.25, -0.2) is 4.39 Å². The molecule has 0 aliphatic carbocycles. The van der Waals surface area contributed by atoms with Crippen LogP contribution < -0.4 is 9.64 Å². The van der Waals surface area contributed by atoms with Gasteiger partial charge in [0.2, 0.25) is 5.95 Å². The minimum absolute atomic E-state index is 0.349. The van der Waals surface area contributed by atoms with E-state index >= 15 is 0 Å². The topological polar surface area (TPSA) is 63.3 Å². The molecule has 3 rings (SSSR count). The van der Waals surface area contributed by atoms with Gasteiger partial charge in [0.25, 0.3) is 0 Å². The van der Waals surface area contributed by atoms with Gasteiger partial charge in [0, 0.05) is 19.2 Å². The van der Waals surface area contributed by atoms with E-state index in [1.54, 1.807) is 6.07 Å². The average Bonchev–Trinajstić information content (AvgIpc) is 2.97. The van der Waals surface area contributed by atoms with Gasteiger partial charge >= 0.3 is 0 Å². The van der Waals surface area contributed by atoms with E-state index in [4.69, 9.17) is 9.47 Å². The molecule has 2 heterocycles. The SMILES string of the molecule is COc1cc(F)ccc1-c1nc(N2CCOCC2)n[nH]1. The van der Waals surface area contributed by atoms with Crippen molar-refractivity contribution in [2.75, 3.05) is 38.3 Å². The van der Waals surface area contributed by atoms with Crippen molar-refractivity contribution < 1.29 is 13.9 Å². The van der Waals surface area contributed by atoms with Crippen LogP contribution in [0, 0.1) is 5.82 Å². The maximum Gasteiger partial charge on any atom is 0.245 e. The van der Waals surface area contributed by atoms with E-state index in [9.17, 15) is 4.39 Å². The van der Waals surface area contributed by atoms with E-state index in [1.165, 1.54) is 19.2 Å². The number of nitrogens with zero attached hydrogens (tertiary/aromatic N) is 3. The molecule has 1 aromatic heterocycles. The highest BCUT2D eigenvalue weighted by molar-refractivity contribution is 5.64. The molecule has 1 aliphatic rings. The number of benzene rings is 1. The smallest absolute Gasteiger partial charge is 0.245 e. The zero-order valence-electron chi connectivity index (χ0n) is 11.1. The third-order valence-electron chi connectivity index (χ3n) is 3.19. The highest BCUT2D eigenvalue weighted by atomic mass is 19.1. The van der Waals surface area contributed by atoms with Gasteiger partial charge in [0.05, 0.1) is 25.9 Å². The number of anilines is 1. The molecule has 2 aromatic rings. The number of nitrogens with one attached hydrogen (secondary N) is 1. The Morgan fingerprint density at radius 2 is 2.15 bits per heavy atom. The molecule has 1 aliphatic heterocycles. The van der Waals surface area contributed by atoms with Gasteiger partial charge in [-0.1, -0.05) is 0 Å². The summed E-state index contributed by atoms with van der Waals surface area (Å²) in [6, 6.07) is 4.32. The summed E-state index contributed by atoms with van der Waals surface area (Å²) >= 11 is 0. The van der Waals surface area contributed by atoms with E-state index < -0.39 is 0 Å². The largest absolute Gasteiger partial charge is 0.496 e. The van der Waals surface area contributed by atoms with E-state index in [0.717, 1.165) is 13.1 Å². The summed E-state index contributed by atoms with van der Waals surface area (Å²) in [4.78, 5) is 6.48. The molecule has 106 valence electrons. The predicted molar refractivity (Wildman–Crippen MR) is 71.4 cm³/mol. The Hall–Kier alpha value is -2.15. The molecule has 1 saturated heterocycles. The molecule has 0 radical (unpaired) electrons. The van der Waals surface area contributed by atoms with Crippen LogP contribution in [0.4, 0.5) is 10.3 Å². The second kappa shape index (κ2) is 5.46. The lowest BCUT2D eigenvalue weighted by Gasteiger charge is -2.25. The minimum atomic E-state index is -0.349. The fourth-order valence-corrected chi connectivity index (χ4v) is 2.14. The van der Waals surface area contributed by atoms with Gasteiger partial charge in [-0.2, -0.15) is 4.98 Å². The Kier molecular flexibility index (Phi) is 3.51. The third-order valence-corrected chi connectivity index (χ3v) is 3.19. The Morgan fingerprint density at radius 1 is 1.35 bits per heavy atom. The first-order chi connectivity index (χ1) is 9.78. The highest BCUT2D eigenvalue weighted by Crippen LogP contribution is 2.28. The van der Waals surface area contributed by atoms with Crippen molar-refractivity contribution in [2.24, 2.45) is 0 Å². The van der Waals surface area contributed by atoms with Crippen LogP contribution in [0.5, 0.6) is 5.75 Å². The number of aromatic nitrogens is 3. The van der Waals surface area contributed by atoms with Crippen LogP contribution in [0.15, 0.2) is 18.2 Å². The predicted octanol–water partition coefficient (Wildman–Crippen LogP) is 1.46. The van der Waals surface area contributed by atoms with Gasteiger partial charge in [0.1, 0.15) is 11.6 Å². The van der Waals surface area contributed by atoms with Crippen molar-refractivity contribution >= 4 is 5.95 Å². The molecule has 1 aromatic carbocycles. The number of aromatic amines is 1. The van der Waals surface area contributed by atoms with Crippen LogP contribution in [-0.4, -0.2) is 48.6 Å². The summed E-state index contributed by atoms with van der Waals surface area (Å²) in [5, 5.41) is 7.07. The molecular weight excluding hydrogens is 263 g/mol. The molecule has 0 saturated carbocycles. The van der Waals surface area contributed by atoms with E-state index in [1.807, 2.05) is 4.90 Å². The van der Waals surface area contributed by atoms with Gasteiger partial charge in [-0.05, 0) is 12.1 Å². The summed E-state index contributed by atoms with van der Waals surface area (Å²) in [7, 11) is 1.50. The number of morpholine rings is 1. The van der Waals surface area contributed by atoms with Crippen molar-refractivity contribution in [1.82, 2.24) is 15.2 Å². The van der Waals surface area contributed by atoms with E-state index in [-0.39, 0.29) is 5.82 Å². The van der Waals surface area contributed by atoms with Crippen molar-refractivity contribution in [1.29, 1.82) is 0 Å². The van der Waals surface area contributed by atoms with Crippen molar-refractivity contribution in [3.05, 3.63) is 24.0 Å². The van der Waals surface area contributed by atoms with Crippen molar-refractivity contribution in [3.63, 3.8) is 0 Å². The zero-order chi connectivity index (χ0) is 13.9. The average molecular weight is 278 g/mol. The molecule has 1 fully saturated rings. The molecule has 1 N–H and O–H groups in total. The van der Waals surface area contributed by atoms with Gasteiger partial charge in [0.15, 0.2) is 5.82 Å². The van der Waals surface area contributed by atoms with E-state index in [0.29, 0.717) is 36.3 Å². The molecule has 0 atom stereocenters. The molecule has 6 nitrogen and oxygen atoms in total. The summed E-state index contributed by atoms with van der Waals surface area (Å²) in [5.74, 6) is 1.26. The second-order valence-electron chi connectivity index (χ2n) is 4.43. The molecule has 0 unspecified atom stereocenters. The first-order valence-corrected chi connectivity index (χ1v) is 6.37. The van der Waals surface area contributed by atoms with Gasteiger partial charge < -0.3 is 14.4 Å². The number of halogens is 1. The number of rotatable bonds is 3. The standard InChI is InChI=1S/C13H15FN4O2/c1-19-11-8-9(14)2-3-10(11)12-15-13(17-16-12)18-4-6-20-7-5-18/h2-3,8H,4-7H2,1H3,(H,15,16,17). The highest BCUT2D eigenvalue weighted by Gasteiger charge is 2.17. The molecule has 7 heteroatoms. The molecule has 20 heavy (non-hydrogen) atoms. The first-order valence-electron chi connectivity index (χ1n) is 6.37. The number of hydrogen-bond donors (Lipinski definition) is 1. The zero-order valence-corrected chi connectivity index (χ0v) is 11.1. The first kappa shape index (κ1) is 12.9. The Labute approximate surface area is 115 Å². The Balaban J connectivity index is 1.89. The summed E-state index contributed by atoms with van der Waals surface area (Å²) in [6.07, 6.45) is 0. The normalized spacial score (nSPS) is 15.4. The van der Waals surface area contributed by atoms with Crippen LogP contribution in [0.25, 0.3) is 11.4 Å². The molecule has 0 spiro atoms. The number of ether oxygens (including phenoxy) is 2. The van der Waals surface area contributed by atoms with Crippen molar-refractivity contribution in [3.8, 4) is 17.1 Å². The summed E-state index contributed by atoms with van der Waals surface area (Å²) in [6.45, 7) is 2.86. The van der Waals surface area contributed by atoms with Crippen LogP contribution in [0.3, 0.4) is 0 Å². The number of methoxy groups -OCH3 is 1. The number of H-pyrrole nitrogens is 1. The molecule has 0 amide bonds. The van der Waals surface area contributed by atoms with Gasteiger partial charge in [-0.15, -0.1) is 5.10 Å². The second-order valence-corrected chi connectivity index (χ2v) is 4.43. The maximum absolute atomic E-state index is 13.2. The lowest BCUT2D eigenvalue weighted by molar-refractivity contribution is 0.122.